The van der Waals surface area contributed by atoms with Gasteiger partial charge in [0.25, 0.3) is 5.91 Å². The van der Waals surface area contributed by atoms with Crippen molar-refractivity contribution in [1.29, 1.82) is 0 Å². The van der Waals surface area contributed by atoms with Gasteiger partial charge in [0, 0.05) is 12.1 Å². The van der Waals surface area contributed by atoms with E-state index in [2.05, 4.69) is 20.8 Å². The number of hydrogen-bond acceptors (Lipinski definition) is 2. The van der Waals surface area contributed by atoms with E-state index in [9.17, 15) is 4.79 Å². The molecule has 1 aliphatic heterocycles. The molecule has 3 nitrogen and oxygen atoms in total. The van der Waals surface area contributed by atoms with E-state index in [1.54, 1.807) is 18.2 Å². The van der Waals surface area contributed by atoms with Gasteiger partial charge >= 0.3 is 0 Å². The van der Waals surface area contributed by atoms with Crippen LogP contribution in [0.3, 0.4) is 0 Å². The maximum Gasteiger partial charge on any atom is 0.250 e. The van der Waals surface area contributed by atoms with E-state index in [0.29, 0.717) is 29.0 Å². The molecule has 0 unspecified atom stereocenters. The number of carbonyl (C=O) groups excluding carboxylic acids is 1. The van der Waals surface area contributed by atoms with Gasteiger partial charge in [0.2, 0.25) is 0 Å². The predicted molar refractivity (Wildman–Crippen MR) is 80.8 cm³/mol. The molecule has 1 atom stereocenters. The van der Waals surface area contributed by atoms with E-state index in [1.807, 2.05) is 17.0 Å². The average molecular weight is 294 g/mol. The molecule has 0 N–H and O–H groups in total. The van der Waals surface area contributed by atoms with Crippen molar-refractivity contribution in [3.63, 3.8) is 0 Å². The number of halogens is 1. The molecule has 4 heteroatoms. The maximum absolute atomic E-state index is 12.0. The van der Waals surface area contributed by atoms with E-state index >= 15 is 0 Å². The van der Waals surface area contributed by atoms with Gasteiger partial charge in [-0.25, -0.2) is 0 Å². The molecule has 0 fully saturated rings. The lowest BCUT2D eigenvalue weighted by atomic mass is 10.0. The molecule has 0 saturated carbocycles. The van der Waals surface area contributed by atoms with Gasteiger partial charge in [0.15, 0.2) is 0 Å². The van der Waals surface area contributed by atoms with Crippen LogP contribution in [-0.4, -0.2) is 23.4 Å². The van der Waals surface area contributed by atoms with Gasteiger partial charge in [-0.2, -0.15) is 0 Å². The Labute approximate surface area is 125 Å². The average Bonchev–Trinajstić information content (AvgIpc) is 2.72. The minimum absolute atomic E-state index is 0.0141. The van der Waals surface area contributed by atoms with Crippen molar-refractivity contribution in [3.8, 4) is 5.75 Å². The van der Waals surface area contributed by atoms with E-state index in [1.165, 1.54) is 0 Å². The summed E-state index contributed by atoms with van der Waals surface area (Å²) in [5.41, 5.74) is 0. The highest BCUT2D eigenvalue weighted by atomic mass is 35.5. The summed E-state index contributed by atoms with van der Waals surface area (Å²) in [6, 6.07) is 7.49. The lowest BCUT2D eigenvalue weighted by Crippen LogP contribution is -2.36. The second kappa shape index (κ2) is 6.31. The van der Waals surface area contributed by atoms with Crippen LogP contribution in [0.25, 0.3) is 0 Å². The summed E-state index contributed by atoms with van der Waals surface area (Å²) in [4.78, 5) is 13.9. The van der Waals surface area contributed by atoms with Crippen molar-refractivity contribution in [2.45, 2.75) is 33.2 Å². The molecule has 0 bridgehead atoms. The van der Waals surface area contributed by atoms with Gasteiger partial charge in [0.05, 0.1) is 11.6 Å². The third kappa shape index (κ3) is 3.54. The Hall–Kier alpha value is -1.48. The van der Waals surface area contributed by atoms with E-state index in [0.717, 1.165) is 6.42 Å². The zero-order valence-corrected chi connectivity index (χ0v) is 12.9. The lowest BCUT2D eigenvalue weighted by Gasteiger charge is -2.26. The number of amides is 1. The normalized spacial score (nSPS) is 16.6. The topological polar surface area (TPSA) is 29.5 Å². The Morgan fingerprint density at radius 1 is 1.30 bits per heavy atom. The lowest BCUT2D eigenvalue weighted by molar-refractivity contribution is -0.126. The second-order valence-electron chi connectivity index (χ2n) is 5.59. The molecule has 2 rings (SSSR count). The Balaban J connectivity index is 2.01. The molecule has 0 radical (unpaired) electrons. The van der Waals surface area contributed by atoms with Crippen molar-refractivity contribution in [3.05, 3.63) is 41.1 Å². The van der Waals surface area contributed by atoms with E-state index in [4.69, 9.17) is 16.3 Å². The summed E-state index contributed by atoms with van der Waals surface area (Å²) >= 11 is 6.06. The quantitative estimate of drug-likeness (QED) is 0.824. The fraction of sp³-hybridized carbons (Fsp3) is 0.438. The number of rotatable bonds is 5. The van der Waals surface area contributed by atoms with Gasteiger partial charge in [-0.3, -0.25) is 4.79 Å². The van der Waals surface area contributed by atoms with Crippen molar-refractivity contribution in [2.24, 2.45) is 5.92 Å². The molecule has 20 heavy (non-hydrogen) atoms. The highest BCUT2D eigenvalue weighted by Gasteiger charge is 2.27. The monoisotopic (exact) mass is 293 g/mol. The van der Waals surface area contributed by atoms with Crippen LogP contribution in [0, 0.1) is 5.92 Å². The highest BCUT2D eigenvalue weighted by molar-refractivity contribution is 6.32. The largest absolute Gasteiger partial charge is 0.458 e. The number of ether oxygens (including phenoxy) is 1. The number of benzene rings is 1. The van der Waals surface area contributed by atoms with Crippen molar-refractivity contribution < 1.29 is 9.53 Å². The predicted octanol–water partition coefficient (Wildman–Crippen LogP) is 3.88. The minimum Gasteiger partial charge on any atom is -0.458 e. The molecule has 0 aliphatic carbocycles. The first-order valence-corrected chi connectivity index (χ1v) is 7.28. The van der Waals surface area contributed by atoms with Crippen molar-refractivity contribution in [1.82, 2.24) is 4.90 Å². The number of hydrogen-bond donors (Lipinski definition) is 0. The van der Waals surface area contributed by atoms with Crippen LogP contribution in [0.4, 0.5) is 0 Å². The second-order valence-corrected chi connectivity index (χ2v) is 6.00. The number of nitrogens with zero attached hydrogens (tertiary/aromatic N) is 1. The third-order valence-electron chi connectivity index (χ3n) is 3.32. The first-order valence-electron chi connectivity index (χ1n) is 6.91. The number of para-hydroxylation sites is 1. The molecular formula is C16H20ClNO2. The Morgan fingerprint density at radius 2 is 2.00 bits per heavy atom. The van der Waals surface area contributed by atoms with Crippen molar-refractivity contribution >= 4 is 17.5 Å². The fourth-order valence-corrected chi connectivity index (χ4v) is 2.60. The minimum atomic E-state index is 0.0141. The molecule has 1 amide bonds. The first-order chi connectivity index (χ1) is 9.47. The SMILES string of the molecule is CC(C)C[C@H](C)N1CC(Oc2ccccc2Cl)=CC1=O. The van der Waals surface area contributed by atoms with Gasteiger partial charge in [-0.05, 0) is 31.4 Å². The van der Waals surface area contributed by atoms with Gasteiger partial charge < -0.3 is 9.64 Å². The molecule has 1 aliphatic rings. The van der Waals surface area contributed by atoms with Gasteiger partial charge in [-0.1, -0.05) is 37.6 Å². The molecular weight excluding hydrogens is 274 g/mol. The summed E-state index contributed by atoms with van der Waals surface area (Å²) in [5.74, 6) is 1.82. The van der Waals surface area contributed by atoms with Gasteiger partial charge in [-0.15, -0.1) is 0 Å². The summed E-state index contributed by atoms with van der Waals surface area (Å²) in [5, 5.41) is 0.550. The molecule has 1 aromatic rings. The smallest absolute Gasteiger partial charge is 0.250 e. The Bertz CT molecular complexity index is 525. The zero-order valence-electron chi connectivity index (χ0n) is 12.1. The molecule has 0 spiro atoms. The van der Waals surface area contributed by atoms with Crippen LogP contribution in [0.5, 0.6) is 5.75 Å². The van der Waals surface area contributed by atoms with Crippen LogP contribution in [0.2, 0.25) is 5.02 Å². The van der Waals surface area contributed by atoms with Crippen molar-refractivity contribution in [2.75, 3.05) is 6.54 Å². The molecule has 0 aromatic heterocycles. The highest BCUT2D eigenvalue weighted by Crippen LogP contribution is 2.27. The van der Waals surface area contributed by atoms with Crippen LogP contribution >= 0.6 is 11.6 Å². The standard InChI is InChI=1S/C16H20ClNO2/c1-11(2)8-12(3)18-10-13(9-16(18)19)20-15-7-5-4-6-14(15)17/h4-7,9,11-12H,8,10H2,1-3H3/t12-/m0/s1. The Kier molecular flexibility index (Phi) is 4.71. The van der Waals surface area contributed by atoms with Crippen LogP contribution < -0.4 is 4.74 Å². The maximum atomic E-state index is 12.0. The molecule has 1 heterocycles. The zero-order chi connectivity index (χ0) is 14.7. The van der Waals surface area contributed by atoms with Crippen LogP contribution in [-0.2, 0) is 4.79 Å². The fourth-order valence-electron chi connectivity index (χ4n) is 2.43. The van der Waals surface area contributed by atoms with Gasteiger partial charge in [0.1, 0.15) is 11.5 Å². The third-order valence-corrected chi connectivity index (χ3v) is 3.63. The Morgan fingerprint density at radius 3 is 2.65 bits per heavy atom. The molecule has 1 aromatic carbocycles. The number of carbonyl (C=O) groups is 1. The van der Waals surface area contributed by atoms with E-state index < -0.39 is 0 Å². The summed E-state index contributed by atoms with van der Waals surface area (Å²) in [7, 11) is 0. The first kappa shape index (κ1) is 14.9. The summed E-state index contributed by atoms with van der Waals surface area (Å²) < 4.78 is 5.73. The van der Waals surface area contributed by atoms with Crippen LogP contribution in [0.15, 0.2) is 36.1 Å². The summed E-state index contributed by atoms with van der Waals surface area (Å²) in [6.45, 7) is 6.90. The molecule has 0 saturated heterocycles. The van der Waals surface area contributed by atoms with E-state index in [-0.39, 0.29) is 11.9 Å². The van der Waals surface area contributed by atoms with Crippen LogP contribution in [0.1, 0.15) is 27.2 Å². The molecule has 108 valence electrons. The summed E-state index contributed by atoms with van der Waals surface area (Å²) in [6.07, 6.45) is 2.54.